The third kappa shape index (κ3) is 32.6. The summed E-state index contributed by atoms with van der Waals surface area (Å²) in [4.78, 5) is 19.8. The van der Waals surface area contributed by atoms with Crippen LogP contribution in [0.25, 0.3) is 0 Å². The van der Waals surface area contributed by atoms with Crippen molar-refractivity contribution in [2.45, 2.75) is 20.3 Å². The summed E-state index contributed by atoms with van der Waals surface area (Å²) in [6, 6.07) is -0.157. The molecule has 0 fully saturated rings. The maximum atomic E-state index is 9.96. The highest BCUT2D eigenvalue weighted by atomic mass is 16.5. The Morgan fingerprint density at radius 3 is 1.33 bits per heavy atom. The van der Waals surface area contributed by atoms with Gasteiger partial charge in [-0.05, 0) is 0 Å². The van der Waals surface area contributed by atoms with E-state index in [0.29, 0.717) is 0 Å². The van der Waals surface area contributed by atoms with E-state index in [0.717, 1.165) is 0 Å². The molecule has 0 heterocycles. The lowest BCUT2D eigenvalue weighted by Gasteiger charge is -1.91. The summed E-state index contributed by atoms with van der Waals surface area (Å²) in [5.41, 5.74) is 0. The third-order valence-electron chi connectivity index (χ3n) is 0.844. The van der Waals surface area contributed by atoms with Crippen LogP contribution in [-0.4, -0.2) is 40.4 Å². The van der Waals surface area contributed by atoms with Crippen LogP contribution in [0.2, 0.25) is 0 Å². The van der Waals surface area contributed by atoms with Crippen LogP contribution in [0.5, 0.6) is 0 Å². The SMILES string of the molecule is CCC.CNC(=O)NC.CNC(=O)OC. The number of ether oxygens (including phenoxy) is 1. The van der Waals surface area contributed by atoms with Crippen molar-refractivity contribution >= 4 is 12.1 Å². The van der Waals surface area contributed by atoms with Gasteiger partial charge in [0.1, 0.15) is 0 Å². The molecule has 0 aromatic carbocycles. The number of nitrogens with one attached hydrogen (secondary N) is 3. The maximum Gasteiger partial charge on any atom is 0.406 e. The van der Waals surface area contributed by atoms with Gasteiger partial charge in [0.2, 0.25) is 0 Å². The Kier molecular flexibility index (Phi) is 23.4. The van der Waals surface area contributed by atoms with Gasteiger partial charge < -0.3 is 20.7 Å². The van der Waals surface area contributed by atoms with Gasteiger partial charge in [-0.1, -0.05) is 20.3 Å². The summed E-state index contributed by atoms with van der Waals surface area (Å²) in [6.07, 6.45) is 0.843. The van der Waals surface area contributed by atoms with Gasteiger partial charge in [0, 0.05) is 21.1 Å². The van der Waals surface area contributed by atoms with Gasteiger partial charge in [-0.25, -0.2) is 9.59 Å². The van der Waals surface area contributed by atoms with Crippen LogP contribution < -0.4 is 16.0 Å². The first-order valence-corrected chi connectivity index (χ1v) is 4.68. The Morgan fingerprint density at radius 2 is 1.33 bits per heavy atom. The van der Waals surface area contributed by atoms with Crippen LogP contribution in [0.4, 0.5) is 9.59 Å². The molecular weight excluding hydrogens is 198 g/mol. The largest absolute Gasteiger partial charge is 0.453 e. The molecule has 0 aromatic rings. The molecule has 0 unspecified atom stereocenters. The number of hydrogen-bond donors (Lipinski definition) is 3. The fraction of sp³-hybridized carbons (Fsp3) is 0.778. The van der Waals surface area contributed by atoms with Crippen LogP contribution in [0.3, 0.4) is 0 Å². The Hall–Kier alpha value is -1.46. The van der Waals surface area contributed by atoms with Crippen LogP contribution >= 0.6 is 0 Å². The number of carbonyl (C=O) groups excluding carboxylic acids is 2. The Balaban J connectivity index is -0.000000153. The van der Waals surface area contributed by atoms with Gasteiger partial charge in [-0.15, -0.1) is 0 Å². The summed E-state index contributed by atoms with van der Waals surface area (Å²) in [5, 5.41) is 6.98. The molecule has 0 atom stereocenters. The predicted molar refractivity (Wildman–Crippen MR) is 60.9 cm³/mol. The summed E-state index contributed by atoms with van der Waals surface area (Å²) in [5.74, 6) is 0. The van der Waals surface area contributed by atoms with Gasteiger partial charge in [0.15, 0.2) is 0 Å². The molecule has 0 aromatic heterocycles. The van der Waals surface area contributed by atoms with Gasteiger partial charge >= 0.3 is 12.1 Å². The number of methoxy groups -OCH3 is 1. The van der Waals surface area contributed by atoms with Gasteiger partial charge in [-0.2, -0.15) is 0 Å². The van der Waals surface area contributed by atoms with E-state index in [1.807, 2.05) is 0 Å². The van der Waals surface area contributed by atoms with E-state index in [2.05, 4.69) is 34.5 Å². The molecule has 0 radical (unpaired) electrons. The molecule has 0 saturated heterocycles. The zero-order chi connectivity index (χ0) is 12.7. The average Bonchev–Trinajstić information content (AvgIpc) is 2.28. The van der Waals surface area contributed by atoms with E-state index >= 15 is 0 Å². The zero-order valence-corrected chi connectivity index (χ0v) is 10.4. The smallest absolute Gasteiger partial charge is 0.406 e. The van der Waals surface area contributed by atoms with E-state index in [1.54, 1.807) is 14.1 Å². The number of alkyl carbamates (subject to hydrolysis) is 1. The second kappa shape index (κ2) is 18.3. The molecule has 0 rings (SSSR count). The van der Waals surface area contributed by atoms with Crippen molar-refractivity contribution in [2.75, 3.05) is 28.3 Å². The first-order valence-electron chi connectivity index (χ1n) is 4.68. The van der Waals surface area contributed by atoms with Crippen molar-refractivity contribution in [3.8, 4) is 0 Å². The molecule has 0 bridgehead atoms. The highest BCUT2D eigenvalue weighted by molar-refractivity contribution is 5.72. The van der Waals surface area contributed by atoms with Crippen LogP contribution in [0.15, 0.2) is 0 Å². The van der Waals surface area contributed by atoms with Crippen molar-refractivity contribution in [3.05, 3.63) is 0 Å². The van der Waals surface area contributed by atoms with Gasteiger partial charge in [0.05, 0.1) is 7.11 Å². The highest BCUT2D eigenvalue weighted by Crippen LogP contribution is 1.62. The van der Waals surface area contributed by atoms with E-state index in [1.165, 1.54) is 20.6 Å². The lowest BCUT2D eigenvalue weighted by atomic mass is 10.6. The van der Waals surface area contributed by atoms with E-state index in [-0.39, 0.29) is 6.03 Å². The molecule has 0 aliphatic heterocycles. The second-order valence-corrected chi connectivity index (χ2v) is 2.28. The monoisotopic (exact) mass is 221 g/mol. The molecule has 15 heavy (non-hydrogen) atoms. The minimum absolute atomic E-state index is 0.157. The predicted octanol–water partition coefficient (Wildman–Crippen LogP) is 0.934. The second-order valence-electron chi connectivity index (χ2n) is 2.28. The number of hydrogen-bond acceptors (Lipinski definition) is 3. The van der Waals surface area contributed by atoms with E-state index in [4.69, 9.17) is 0 Å². The molecule has 0 saturated carbocycles. The van der Waals surface area contributed by atoms with Gasteiger partial charge in [-0.3, -0.25) is 0 Å². The molecule has 92 valence electrons. The van der Waals surface area contributed by atoms with E-state index < -0.39 is 6.09 Å². The number of urea groups is 1. The molecule has 6 heteroatoms. The average molecular weight is 221 g/mol. The zero-order valence-electron chi connectivity index (χ0n) is 10.4. The summed E-state index contributed by atoms with van der Waals surface area (Å²) >= 11 is 0. The molecule has 0 spiro atoms. The fourth-order valence-corrected chi connectivity index (χ4v) is 0.227. The normalized spacial score (nSPS) is 6.80. The third-order valence-corrected chi connectivity index (χ3v) is 0.844. The Bertz CT molecular complexity index is 124. The molecular formula is C9H23N3O3. The van der Waals surface area contributed by atoms with Crippen molar-refractivity contribution in [1.82, 2.24) is 16.0 Å². The van der Waals surface area contributed by atoms with Gasteiger partial charge in [0.25, 0.3) is 0 Å². The summed E-state index contributed by atoms with van der Waals surface area (Å²) < 4.78 is 4.15. The first kappa shape index (κ1) is 19.2. The topological polar surface area (TPSA) is 79.5 Å². The lowest BCUT2D eigenvalue weighted by molar-refractivity contribution is 0.173. The molecule has 0 aliphatic rings. The summed E-state index contributed by atoms with van der Waals surface area (Å²) in [6.45, 7) is 4.25. The maximum absolute atomic E-state index is 9.96. The number of amides is 3. The summed E-state index contributed by atoms with van der Waals surface area (Å²) in [7, 11) is 5.96. The fourth-order valence-electron chi connectivity index (χ4n) is 0.227. The minimum atomic E-state index is -0.407. The molecule has 6 nitrogen and oxygen atoms in total. The number of rotatable bonds is 0. The van der Waals surface area contributed by atoms with Crippen LogP contribution in [0, 0.1) is 0 Å². The molecule has 0 aliphatic carbocycles. The quantitative estimate of drug-likeness (QED) is 0.569. The Morgan fingerprint density at radius 1 is 1.00 bits per heavy atom. The minimum Gasteiger partial charge on any atom is -0.453 e. The van der Waals surface area contributed by atoms with Crippen molar-refractivity contribution in [2.24, 2.45) is 0 Å². The van der Waals surface area contributed by atoms with Crippen LogP contribution in [-0.2, 0) is 4.74 Å². The standard InChI is InChI=1S/C3H8N2O.C3H7NO2.C3H8/c1-4-3(6)5-2;1-4-3(5)6-2;1-3-2/h1-2H3,(H2,4,5,6);1-2H3,(H,4,5);3H2,1-2H3. The van der Waals surface area contributed by atoms with Crippen molar-refractivity contribution in [3.63, 3.8) is 0 Å². The molecule has 3 amide bonds. The van der Waals surface area contributed by atoms with E-state index in [9.17, 15) is 9.59 Å². The highest BCUT2D eigenvalue weighted by Gasteiger charge is 1.85. The number of carbonyl (C=O) groups is 2. The Labute approximate surface area is 91.8 Å². The lowest BCUT2D eigenvalue weighted by Crippen LogP contribution is -2.28. The van der Waals surface area contributed by atoms with Crippen molar-refractivity contribution < 1.29 is 14.3 Å². The first-order chi connectivity index (χ1) is 7.03. The van der Waals surface area contributed by atoms with Crippen molar-refractivity contribution in [1.29, 1.82) is 0 Å². The van der Waals surface area contributed by atoms with Crippen LogP contribution in [0.1, 0.15) is 20.3 Å². The molecule has 3 N–H and O–H groups in total.